The van der Waals surface area contributed by atoms with Crippen molar-refractivity contribution in [2.75, 3.05) is 26.7 Å². The van der Waals surface area contributed by atoms with Crippen LogP contribution in [-0.2, 0) is 4.79 Å². The fourth-order valence-corrected chi connectivity index (χ4v) is 1.76. The van der Waals surface area contributed by atoms with Crippen molar-refractivity contribution in [2.45, 2.75) is 34.1 Å². The molecule has 0 spiro atoms. The van der Waals surface area contributed by atoms with Gasteiger partial charge in [0.05, 0.1) is 0 Å². The Balaban J connectivity index is 4.22. The molecule has 0 bridgehead atoms. The van der Waals surface area contributed by atoms with Gasteiger partial charge in [0.2, 0.25) is 6.41 Å². The maximum absolute atomic E-state index is 10.7. The van der Waals surface area contributed by atoms with Crippen molar-refractivity contribution in [3.63, 3.8) is 0 Å². The molecule has 0 rings (SSSR count). The number of carbonyl (C=O) groups is 1. The first-order valence-electron chi connectivity index (χ1n) is 6.92. The summed E-state index contributed by atoms with van der Waals surface area (Å²) in [5.74, 6) is 0. The maximum atomic E-state index is 10.7. The molecule has 3 heteroatoms. The first-order chi connectivity index (χ1) is 9.07. The summed E-state index contributed by atoms with van der Waals surface area (Å²) >= 11 is 0. The van der Waals surface area contributed by atoms with Gasteiger partial charge in [0.15, 0.2) is 0 Å². The molecule has 0 atom stereocenters. The quantitative estimate of drug-likeness (QED) is 0.471. The highest BCUT2D eigenvalue weighted by Gasteiger charge is 2.02. The third-order valence-corrected chi connectivity index (χ3v) is 2.98. The molecule has 0 aromatic carbocycles. The molecule has 0 fully saturated rings. The molecule has 0 aromatic heterocycles. The van der Waals surface area contributed by atoms with Crippen LogP contribution in [0.4, 0.5) is 0 Å². The molecule has 1 amide bonds. The summed E-state index contributed by atoms with van der Waals surface area (Å²) in [6.07, 6.45) is 10.1. The minimum absolute atomic E-state index is 0.723. The monoisotopic (exact) mass is 264 g/mol. The molecule has 0 aliphatic rings. The number of amides is 1. The zero-order chi connectivity index (χ0) is 14.7. The normalized spacial score (nSPS) is 13.4. The minimum Gasteiger partial charge on any atom is -0.322 e. The van der Waals surface area contributed by atoms with Gasteiger partial charge in [-0.05, 0) is 46.7 Å². The van der Waals surface area contributed by atoms with Gasteiger partial charge in [0, 0.05) is 25.8 Å². The molecular formula is C16H28N2O. The van der Waals surface area contributed by atoms with Crippen LogP contribution in [0.2, 0.25) is 0 Å². The van der Waals surface area contributed by atoms with Gasteiger partial charge in [-0.15, -0.1) is 0 Å². The molecule has 19 heavy (non-hydrogen) atoms. The summed E-state index contributed by atoms with van der Waals surface area (Å²) in [5, 5.41) is 0. The Morgan fingerprint density at radius 1 is 1.26 bits per heavy atom. The Hall–Kier alpha value is -1.35. The third-order valence-electron chi connectivity index (χ3n) is 2.98. The topological polar surface area (TPSA) is 23.6 Å². The summed E-state index contributed by atoms with van der Waals surface area (Å²) in [5.41, 5.74) is 2.56. The number of allylic oxidation sites excluding steroid dienone is 2. The van der Waals surface area contributed by atoms with E-state index >= 15 is 0 Å². The summed E-state index contributed by atoms with van der Waals surface area (Å²) in [7, 11) is 2.12. The van der Waals surface area contributed by atoms with Crippen LogP contribution < -0.4 is 0 Å². The van der Waals surface area contributed by atoms with Crippen molar-refractivity contribution in [3.8, 4) is 0 Å². The second-order valence-electron chi connectivity index (χ2n) is 4.76. The Bertz CT molecular complexity index is 343. The molecule has 0 aromatic rings. The Morgan fingerprint density at radius 2 is 1.95 bits per heavy atom. The maximum Gasteiger partial charge on any atom is 0.213 e. The lowest BCUT2D eigenvalue weighted by Gasteiger charge is -2.18. The summed E-state index contributed by atoms with van der Waals surface area (Å²) in [6, 6.07) is 0. The molecule has 0 radical (unpaired) electrons. The Morgan fingerprint density at radius 3 is 2.42 bits per heavy atom. The lowest BCUT2D eigenvalue weighted by molar-refractivity contribution is -0.115. The van der Waals surface area contributed by atoms with Crippen LogP contribution >= 0.6 is 0 Å². The van der Waals surface area contributed by atoms with Gasteiger partial charge in [-0.3, -0.25) is 4.79 Å². The fraction of sp³-hybridized carbons (Fsp3) is 0.562. The van der Waals surface area contributed by atoms with Crippen LogP contribution in [0.25, 0.3) is 0 Å². The van der Waals surface area contributed by atoms with Crippen LogP contribution in [0.5, 0.6) is 0 Å². The molecule has 0 saturated carbocycles. The smallest absolute Gasteiger partial charge is 0.213 e. The van der Waals surface area contributed by atoms with Gasteiger partial charge in [-0.2, -0.15) is 0 Å². The van der Waals surface area contributed by atoms with Crippen LogP contribution in [0.1, 0.15) is 34.1 Å². The standard InChI is InChI=1S/C16H28N2O/c1-6-9-16(7-2)13-17(5)11-10-15(4)12-18(8-3)14-19/h6-7,9,12,14H,8,10-11,13H2,1-5H3/b9-6-,15-12+,16-7+. The van der Waals surface area contributed by atoms with E-state index in [1.54, 1.807) is 4.90 Å². The van der Waals surface area contributed by atoms with Crippen molar-refractivity contribution in [2.24, 2.45) is 0 Å². The van der Waals surface area contributed by atoms with Gasteiger partial charge in [-0.1, -0.05) is 23.8 Å². The van der Waals surface area contributed by atoms with Gasteiger partial charge in [0.1, 0.15) is 0 Å². The molecule has 0 unspecified atom stereocenters. The average Bonchev–Trinajstić information content (AvgIpc) is 2.41. The van der Waals surface area contributed by atoms with Gasteiger partial charge in [0.25, 0.3) is 0 Å². The van der Waals surface area contributed by atoms with E-state index in [1.165, 1.54) is 11.1 Å². The van der Waals surface area contributed by atoms with Crippen LogP contribution in [0, 0.1) is 0 Å². The zero-order valence-electron chi connectivity index (χ0n) is 13.0. The molecule has 0 aliphatic heterocycles. The van der Waals surface area contributed by atoms with E-state index < -0.39 is 0 Å². The molecule has 0 heterocycles. The molecule has 0 aliphatic carbocycles. The van der Waals surface area contributed by atoms with Crippen molar-refractivity contribution in [1.82, 2.24) is 9.80 Å². The highest BCUT2D eigenvalue weighted by Crippen LogP contribution is 2.05. The van der Waals surface area contributed by atoms with E-state index in [-0.39, 0.29) is 0 Å². The Labute approximate surface area is 118 Å². The molecule has 0 N–H and O–H groups in total. The molecule has 3 nitrogen and oxygen atoms in total. The van der Waals surface area contributed by atoms with E-state index in [4.69, 9.17) is 0 Å². The molecule has 108 valence electrons. The fourth-order valence-electron chi connectivity index (χ4n) is 1.76. The predicted molar refractivity (Wildman–Crippen MR) is 82.9 cm³/mol. The number of likely N-dealkylation sites (N-methyl/N-ethyl adjacent to an activating group) is 1. The van der Waals surface area contributed by atoms with E-state index in [0.717, 1.165) is 32.5 Å². The molecule has 0 saturated heterocycles. The summed E-state index contributed by atoms with van der Waals surface area (Å²) in [4.78, 5) is 14.7. The third kappa shape index (κ3) is 8.38. The predicted octanol–water partition coefficient (Wildman–Crippen LogP) is 3.21. The van der Waals surface area contributed by atoms with E-state index in [9.17, 15) is 4.79 Å². The van der Waals surface area contributed by atoms with Crippen molar-refractivity contribution in [1.29, 1.82) is 0 Å². The van der Waals surface area contributed by atoms with Crippen LogP contribution in [0.15, 0.2) is 35.6 Å². The number of nitrogens with zero attached hydrogens (tertiary/aromatic N) is 2. The number of hydrogen-bond donors (Lipinski definition) is 0. The van der Waals surface area contributed by atoms with Gasteiger partial charge in [-0.25, -0.2) is 0 Å². The van der Waals surface area contributed by atoms with Crippen LogP contribution in [0.3, 0.4) is 0 Å². The number of rotatable bonds is 9. The van der Waals surface area contributed by atoms with Crippen LogP contribution in [-0.4, -0.2) is 42.9 Å². The second-order valence-corrected chi connectivity index (χ2v) is 4.76. The largest absolute Gasteiger partial charge is 0.322 e. The highest BCUT2D eigenvalue weighted by atomic mass is 16.1. The number of carbonyl (C=O) groups excluding carboxylic acids is 1. The van der Waals surface area contributed by atoms with E-state index in [2.05, 4.69) is 44.0 Å². The highest BCUT2D eigenvalue weighted by molar-refractivity contribution is 5.49. The van der Waals surface area contributed by atoms with Crippen molar-refractivity contribution >= 4 is 6.41 Å². The van der Waals surface area contributed by atoms with Gasteiger partial charge < -0.3 is 9.80 Å². The summed E-state index contributed by atoms with van der Waals surface area (Å²) < 4.78 is 0. The van der Waals surface area contributed by atoms with Crippen molar-refractivity contribution in [3.05, 3.63) is 35.6 Å². The average molecular weight is 264 g/mol. The zero-order valence-corrected chi connectivity index (χ0v) is 13.0. The van der Waals surface area contributed by atoms with E-state index in [1.807, 2.05) is 20.0 Å². The number of hydrogen-bond acceptors (Lipinski definition) is 2. The second kappa shape index (κ2) is 10.6. The minimum atomic E-state index is 0.723. The first-order valence-corrected chi connectivity index (χ1v) is 6.92. The first kappa shape index (κ1) is 17.6. The SMILES string of the molecule is C/C=C\C(=C/C)CN(C)CC/C(C)=C/N(C=O)CC. The van der Waals surface area contributed by atoms with Crippen molar-refractivity contribution < 1.29 is 4.79 Å². The lowest BCUT2D eigenvalue weighted by atomic mass is 10.2. The summed E-state index contributed by atoms with van der Waals surface area (Å²) in [6.45, 7) is 10.8. The Kier molecular flexibility index (Phi) is 9.81. The lowest BCUT2D eigenvalue weighted by Crippen LogP contribution is -2.22. The van der Waals surface area contributed by atoms with E-state index in [0.29, 0.717) is 0 Å². The van der Waals surface area contributed by atoms with Gasteiger partial charge >= 0.3 is 0 Å². The molecular weight excluding hydrogens is 236 g/mol.